The van der Waals surface area contributed by atoms with Gasteiger partial charge in [-0.15, -0.1) is 0 Å². The predicted octanol–water partition coefficient (Wildman–Crippen LogP) is 2.55. The van der Waals surface area contributed by atoms with Crippen LogP contribution in [0.15, 0.2) is 48.8 Å². The van der Waals surface area contributed by atoms with Gasteiger partial charge >= 0.3 is 0 Å². The first-order valence-electron chi connectivity index (χ1n) is 8.30. The zero-order chi connectivity index (χ0) is 16.8. The number of nitrogens with one attached hydrogen (secondary N) is 1. The van der Waals surface area contributed by atoms with Crippen LogP contribution in [-0.2, 0) is 6.61 Å². The van der Waals surface area contributed by atoms with Crippen molar-refractivity contribution in [2.45, 2.75) is 31.9 Å². The lowest BCUT2D eigenvalue weighted by Gasteiger charge is -2.17. The molecule has 0 aliphatic heterocycles. The largest absolute Gasteiger partial charge is 0.489 e. The van der Waals surface area contributed by atoms with E-state index in [9.17, 15) is 4.79 Å². The fraction of sp³-hybridized carbons (Fsp3) is 0.368. The highest BCUT2D eigenvalue weighted by Gasteiger charge is 2.31. The maximum atomic E-state index is 12.4. The van der Waals surface area contributed by atoms with Gasteiger partial charge in [-0.3, -0.25) is 9.78 Å². The van der Waals surface area contributed by atoms with Gasteiger partial charge in [0, 0.05) is 36.2 Å². The third kappa shape index (κ3) is 4.55. The summed E-state index contributed by atoms with van der Waals surface area (Å²) in [5, 5.41) is 12.2. The van der Waals surface area contributed by atoms with Crippen LogP contribution in [0.2, 0.25) is 0 Å². The molecule has 0 saturated heterocycles. The van der Waals surface area contributed by atoms with Crippen molar-refractivity contribution in [3.63, 3.8) is 0 Å². The Kier molecular flexibility index (Phi) is 5.43. The number of ether oxygens (including phenoxy) is 1. The Morgan fingerprint density at radius 3 is 2.92 bits per heavy atom. The second-order valence-corrected chi connectivity index (χ2v) is 6.11. The topological polar surface area (TPSA) is 71.5 Å². The third-order valence-electron chi connectivity index (χ3n) is 4.17. The predicted molar refractivity (Wildman–Crippen MR) is 90.7 cm³/mol. The lowest BCUT2D eigenvalue weighted by molar-refractivity contribution is 0.0923. The quantitative estimate of drug-likeness (QED) is 0.782. The van der Waals surface area contributed by atoms with E-state index < -0.39 is 0 Å². The van der Waals surface area contributed by atoms with Gasteiger partial charge in [0.15, 0.2) is 0 Å². The summed E-state index contributed by atoms with van der Waals surface area (Å²) in [6, 6.07) is 11.0. The molecular weight excluding hydrogens is 304 g/mol. The van der Waals surface area contributed by atoms with Crippen LogP contribution in [0.3, 0.4) is 0 Å². The number of pyridine rings is 1. The number of nitrogens with zero attached hydrogens (tertiary/aromatic N) is 1. The summed E-state index contributed by atoms with van der Waals surface area (Å²) < 4.78 is 5.74. The Bertz CT molecular complexity index is 671. The summed E-state index contributed by atoms with van der Waals surface area (Å²) in [4.78, 5) is 16.5. The molecule has 1 unspecified atom stereocenters. The molecule has 2 N–H and O–H groups in total. The minimum atomic E-state index is -0.118. The number of benzene rings is 1. The summed E-state index contributed by atoms with van der Waals surface area (Å²) in [6.45, 7) is 0.504. The summed E-state index contributed by atoms with van der Waals surface area (Å²) >= 11 is 0. The van der Waals surface area contributed by atoms with Crippen LogP contribution in [0.4, 0.5) is 0 Å². The maximum absolute atomic E-state index is 12.4. The van der Waals surface area contributed by atoms with Gasteiger partial charge in [-0.05, 0) is 49.4 Å². The standard InChI is InChI=1S/C19H22N2O3/c22-10-8-18(15-6-7-15)21-19(23)16-4-1-5-17(11-16)24-13-14-3-2-9-20-12-14/h1-5,9,11-12,15,18,22H,6-8,10,13H2,(H,21,23). The van der Waals surface area contributed by atoms with Crippen molar-refractivity contribution in [3.05, 3.63) is 59.9 Å². The van der Waals surface area contributed by atoms with E-state index in [4.69, 9.17) is 9.84 Å². The second kappa shape index (κ2) is 7.93. The summed E-state index contributed by atoms with van der Waals surface area (Å²) in [7, 11) is 0. The molecule has 0 bridgehead atoms. The number of aromatic nitrogens is 1. The number of carbonyl (C=O) groups is 1. The van der Waals surface area contributed by atoms with E-state index in [1.807, 2.05) is 24.3 Å². The van der Waals surface area contributed by atoms with E-state index in [-0.39, 0.29) is 18.6 Å². The van der Waals surface area contributed by atoms with Gasteiger partial charge in [-0.1, -0.05) is 12.1 Å². The first-order valence-corrected chi connectivity index (χ1v) is 8.30. The van der Waals surface area contributed by atoms with Crippen molar-refractivity contribution in [2.75, 3.05) is 6.61 Å². The highest BCUT2D eigenvalue weighted by molar-refractivity contribution is 5.94. The van der Waals surface area contributed by atoms with Gasteiger partial charge in [0.1, 0.15) is 12.4 Å². The maximum Gasteiger partial charge on any atom is 0.251 e. The molecule has 1 aromatic carbocycles. The molecule has 1 aromatic heterocycles. The molecule has 1 atom stereocenters. The van der Waals surface area contributed by atoms with Crippen molar-refractivity contribution in [3.8, 4) is 5.75 Å². The van der Waals surface area contributed by atoms with E-state index in [1.165, 1.54) is 0 Å². The van der Waals surface area contributed by atoms with E-state index >= 15 is 0 Å². The van der Waals surface area contributed by atoms with Crippen molar-refractivity contribution in [1.82, 2.24) is 10.3 Å². The van der Waals surface area contributed by atoms with Crippen molar-refractivity contribution < 1.29 is 14.6 Å². The lowest BCUT2D eigenvalue weighted by atomic mass is 10.1. The van der Waals surface area contributed by atoms with Gasteiger partial charge in [0.25, 0.3) is 5.91 Å². The van der Waals surface area contributed by atoms with Crippen LogP contribution in [0.25, 0.3) is 0 Å². The fourth-order valence-corrected chi connectivity index (χ4v) is 2.69. The number of aliphatic hydroxyl groups excluding tert-OH is 1. The van der Waals surface area contributed by atoms with E-state index in [2.05, 4.69) is 10.3 Å². The Morgan fingerprint density at radius 2 is 2.21 bits per heavy atom. The number of hydrogen-bond acceptors (Lipinski definition) is 4. The van der Waals surface area contributed by atoms with Crippen molar-refractivity contribution >= 4 is 5.91 Å². The minimum Gasteiger partial charge on any atom is -0.489 e. The lowest BCUT2D eigenvalue weighted by Crippen LogP contribution is -2.37. The molecule has 24 heavy (non-hydrogen) atoms. The molecule has 2 aromatic rings. The van der Waals surface area contributed by atoms with Crippen molar-refractivity contribution in [1.29, 1.82) is 0 Å². The van der Waals surface area contributed by atoms with E-state index in [1.54, 1.807) is 24.5 Å². The van der Waals surface area contributed by atoms with E-state index in [0.717, 1.165) is 18.4 Å². The minimum absolute atomic E-state index is 0.0578. The van der Waals surface area contributed by atoms with Crippen LogP contribution in [0, 0.1) is 5.92 Å². The molecule has 3 rings (SSSR count). The van der Waals surface area contributed by atoms with Crippen molar-refractivity contribution in [2.24, 2.45) is 5.92 Å². The average Bonchev–Trinajstić information content (AvgIpc) is 3.46. The second-order valence-electron chi connectivity index (χ2n) is 6.11. The highest BCUT2D eigenvalue weighted by atomic mass is 16.5. The molecule has 126 valence electrons. The third-order valence-corrected chi connectivity index (χ3v) is 4.17. The van der Waals surface area contributed by atoms with E-state index in [0.29, 0.717) is 30.3 Å². The fourth-order valence-electron chi connectivity index (χ4n) is 2.69. The zero-order valence-electron chi connectivity index (χ0n) is 13.5. The van der Waals surface area contributed by atoms with Gasteiger partial charge in [0.05, 0.1) is 0 Å². The molecule has 5 nitrogen and oxygen atoms in total. The number of rotatable bonds is 8. The summed E-state index contributed by atoms with van der Waals surface area (Å²) in [6.07, 6.45) is 6.33. The number of hydrogen-bond donors (Lipinski definition) is 2. The molecule has 0 radical (unpaired) electrons. The molecule has 1 aliphatic carbocycles. The first-order chi connectivity index (χ1) is 11.8. The Hall–Kier alpha value is -2.40. The SMILES string of the molecule is O=C(NC(CCO)C1CC1)c1cccc(OCc2cccnc2)c1. The Morgan fingerprint density at radius 1 is 1.33 bits per heavy atom. The monoisotopic (exact) mass is 326 g/mol. The van der Waals surface area contributed by atoms with Crippen LogP contribution in [0.5, 0.6) is 5.75 Å². The van der Waals surface area contributed by atoms with Gasteiger partial charge in [0.2, 0.25) is 0 Å². The summed E-state index contributed by atoms with van der Waals surface area (Å²) in [5.41, 5.74) is 1.55. The van der Waals surface area contributed by atoms with Crippen LogP contribution in [-0.4, -0.2) is 28.6 Å². The van der Waals surface area contributed by atoms with Crippen LogP contribution in [0.1, 0.15) is 35.2 Å². The zero-order valence-corrected chi connectivity index (χ0v) is 13.5. The molecule has 5 heteroatoms. The normalized spacial score (nSPS) is 14.9. The Labute approximate surface area is 141 Å². The molecular formula is C19H22N2O3. The Balaban J connectivity index is 1.60. The molecule has 1 aliphatic rings. The molecule has 1 fully saturated rings. The van der Waals surface area contributed by atoms with Gasteiger partial charge in [-0.2, -0.15) is 0 Å². The molecule has 1 heterocycles. The molecule has 1 amide bonds. The van der Waals surface area contributed by atoms with Crippen LogP contribution >= 0.6 is 0 Å². The molecule has 0 spiro atoms. The highest BCUT2D eigenvalue weighted by Crippen LogP contribution is 2.34. The summed E-state index contributed by atoms with van der Waals surface area (Å²) in [5.74, 6) is 1.04. The molecule has 1 saturated carbocycles. The van der Waals surface area contributed by atoms with Crippen LogP contribution < -0.4 is 10.1 Å². The van der Waals surface area contributed by atoms with Gasteiger partial charge < -0.3 is 15.2 Å². The van der Waals surface area contributed by atoms with Gasteiger partial charge in [-0.25, -0.2) is 0 Å². The average molecular weight is 326 g/mol. The smallest absolute Gasteiger partial charge is 0.251 e. The number of amides is 1. The number of aliphatic hydroxyl groups is 1. The first kappa shape index (κ1) is 16.5. The number of carbonyl (C=O) groups excluding carboxylic acids is 1.